The molecule has 0 spiro atoms. The summed E-state index contributed by atoms with van der Waals surface area (Å²) in [7, 11) is 6.77. The second kappa shape index (κ2) is 9.68. The van der Waals surface area contributed by atoms with Gasteiger partial charge in [0.05, 0.1) is 27.9 Å². The van der Waals surface area contributed by atoms with Crippen molar-refractivity contribution in [1.82, 2.24) is 10.2 Å². The Balaban J connectivity index is 1.84. The minimum atomic E-state index is -0.0317. The number of rotatable bonds is 9. The number of carbonyl (C=O) groups is 1. The van der Waals surface area contributed by atoms with E-state index in [4.69, 9.17) is 14.2 Å². The monoisotopic (exact) mass is 358 g/mol. The first-order valence-corrected chi connectivity index (χ1v) is 8.34. The molecule has 0 aliphatic carbocycles. The summed E-state index contributed by atoms with van der Waals surface area (Å²) in [6.07, 6.45) is 0. The molecular formula is C20H26N2O4. The van der Waals surface area contributed by atoms with Crippen molar-refractivity contribution >= 4 is 5.91 Å². The molecule has 1 N–H and O–H groups in total. The molecular weight excluding hydrogens is 332 g/mol. The van der Waals surface area contributed by atoms with Crippen LogP contribution in [-0.4, -0.2) is 45.7 Å². The van der Waals surface area contributed by atoms with Gasteiger partial charge in [-0.15, -0.1) is 0 Å². The third kappa shape index (κ3) is 5.67. The minimum Gasteiger partial charge on any atom is -0.497 e. The topological polar surface area (TPSA) is 60.0 Å². The second-order valence-corrected chi connectivity index (χ2v) is 5.97. The van der Waals surface area contributed by atoms with E-state index in [0.717, 1.165) is 28.4 Å². The van der Waals surface area contributed by atoms with Crippen LogP contribution in [0.2, 0.25) is 0 Å². The Bertz CT molecular complexity index is 716. The molecule has 0 unspecified atom stereocenters. The van der Waals surface area contributed by atoms with Crippen LogP contribution in [-0.2, 0) is 17.9 Å². The molecule has 0 heterocycles. The lowest BCUT2D eigenvalue weighted by Crippen LogP contribution is -2.34. The van der Waals surface area contributed by atoms with Crippen LogP contribution in [0.25, 0.3) is 0 Å². The van der Waals surface area contributed by atoms with Gasteiger partial charge in [-0.3, -0.25) is 9.69 Å². The maximum atomic E-state index is 12.2. The lowest BCUT2D eigenvalue weighted by molar-refractivity contribution is -0.122. The molecule has 0 bridgehead atoms. The molecule has 0 saturated heterocycles. The zero-order valence-corrected chi connectivity index (χ0v) is 15.7. The van der Waals surface area contributed by atoms with Gasteiger partial charge in [0, 0.05) is 24.7 Å². The molecule has 6 nitrogen and oxygen atoms in total. The number of likely N-dealkylation sites (N-methyl/N-ethyl adjacent to an activating group) is 1. The number of ether oxygens (including phenoxy) is 3. The van der Waals surface area contributed by atoms with Crippen LogP contribution in [0.3, 0.4) is 0 Å². The summed E-state index contributed by atoms with van der Waals surface area (Å²) in [6, 6.07) is 13.3. The highest BCUT2D eigenvalue weighted by molar-refractivity contribution is 5.78. The fourth-order valence-corrected chi connectivity index (χ4v) is 2.57. The fourth-order valence-electron chi connectivity index (χ4n) is 2.57. The minimum absolute atomic E-state index is 0.0317. The van der Waals surface area contributed by atoms with Crippen LogP contribution in [0.4, 0.5) is 0 Å². The van der Waals surface area contributed by atoms with Gasteiger partial charge < -0.3 is 19.5 Å². The van der Waals surface area contributed by atoms with Gasteiger partial charge in [0.15, 0.2) is 0 Å². The van der Waals surface area contributed by atoms with Crippen molar-refractivity contribution in [3.63, 3.8) is 0 Å². The van der Waals surface area contributed by atoms with Crippen molar-refractivity contribution in [2.45, 2.75) is 13.1 Å². The predicted octanol–water partition coefficient (Wildman–Crippen LogP) is 2.46. The molecule has 2 aromatic rings. The van der Waals surface area contributed by atoms with Gasteiger partial charge in [-0.05, 0) is 30.8 Å². The Labute approximate surface area is 154 Å². The third-order valence-electron chi connectivity index (χ3n) is 4.00. The summed E-state index contributed by atoms with van der Waals surface area (Å²) < 4.78 is 15.7. The molecule has 6 heteroatoms. The molecule has 0 radical (unpaired) electrons. The van der Waals surface area contributed by atoms with Gasteiger partial charge >= 0.3 is 0 Å². The van der Waals surface area contributed by atoms with Crippen molar-refractivity contribution < 1.29 is 19.0 Å². The standard InChI is InChI=1S/C20H26N2O4/c1-22(13-16-7-10-18(25-3)11-19(16)26-4)14-20(23)21-12-15-5-8-17(24-2)9-6-15/h5-11H,12-14H2,1-4H3,(H,21,23). The van der Waals surface area contributed by atoms with E-state index in [1.807, 2.05) is 54.4 Å². The van der Waals surface area contributed by atoms with E-state index < -0.39 is 0 Å². The van der Waals surface area contributed by atoms with Crippen LogP contribution in [0.1, 0.15) is 11.1 Å². The van der Waals surface area contributed by atoms with E-state index in [1.54, 1.807) is 21.3 Å². The Hall–Kier alpha value is -2.73. The number of carbonyl (C=O) groups excluding carboxylic acids is 1. The lowest BCUT2D eigenvalue weighted by atomic mass is 10.1. The van der Waals surface area contributed by atoms with Crippen molar-refractivity contribution in [2.75, 3.05) is 34.9 Å². The quantitative estimate of drug-likeness (QED) is 0.746. The van der Waals surface area contributed by atoms with Crippen LogP contribution in [0.5, 0.6) is 17.2 Å². The van der Waals surface area contributed by atoms with Gasteiger partial charge in [-0.2, -0.15) is 0 Å². The first-order valence-electron chi connectivity index (χ1n) is 8.34. The van der Waals surface area contributed by atoms with Gasteiger partial charge in [-0.25, -0.2) is 0 Å². The lowest BCUT2D eigenvalue weighted by Gasteiger charge is -2.18. The number of nitrogens with zero attached hydrogens (tertiary/aromatic N) is 1. The molecule has 0 aromatic heterocycles. The van der Waals surface area contributed by atoms with E-state index in [1.165, 1.54) is 0 Å². The normalized spacial score (nSPS) is 10.5. The van der Waals surface area contributed by atoms with Gasteiger partial charge in [0.2, 0.25) is 5.91 Å². The summed E-state index contributed by atoms with van der Waals surface area (Å²) >= 11 is 0. The molecule has 26 heavy (non-hydrogen) atoms. The van der Waals surface area contributed by atoms with E-state index in [2.05, 4.69) is 5.32 Å². The molecule has 0 fully saturated rings. The summed E-state index contributed by atoms with van der Waals surface area (Å²) in [5.41, 5.74) is 2.03. The van der Waals surface area contributed by atoms with E-state index in [9.17, 15) is 4.79 Å². The van der Waals surface area contributed by atoms with Crippen molar-refractivity contribution in [3.05, 3.63) is 53.6 Å². The molecule has 0 aliphatic heterocycles. The second-order valence-electron chi connectivity index (χ2n) is 5.97. The molecule has 0 saturated carbocycles. The highest BCUT2D eigenvalue weighted by Gasteiger charge is 2.11. The van der Waals surface area contributed by atoms with Gasteiger partial charge in [-0.1, -0.05) is 18.2 Å². The number of hydrogen-bond acceptors (Lipinski definition) is 5. The van der Waals surface area contributed by atoms with Crippen LogP contribution < -0.4 is 19.5 Å². The number of hydrogen-bond donors (Lipinski definition) is 1. The molecule has 140 valence electrons. The van der Waals surface area contributed by atoms with E-state index in [-0.39, 0.29) is 5.91 Å². The molecule has 2 rings (SSSR count). The molecule has 1 amide bonds. The summed E-state index contributed by atoms with van der Waals surface area (Å²) in [5, 5.41) is 2.93. The molecule has 2 aromatic carbocycles. The van der Waals surface area contributed by atoms with Gasteiger partial charge in [0.25, 0.3) is 0 Å². The molecule has 0 atom stereocenters. The number of nitrogens with one attached hydrogen (secondary N) is 1. The molecule has 0 aliphatic rings. The maximum Gasteiger partial charge on any atom is 0.234 e. The average Bonchev–Trinajstić information content (AvgIpc) is 2.67. The first kappa shape index (κ1) is 19.6. The largest absolute Gasteiger partial charge is 0.497 e. The van der Waals surface area contributed by atoms with Crippen LogP contribution in [0.15, 0.2) is 42.5 Å². The Morgan fingerprint density at radius 3 is 2.23 bits per heavy atom. The van der Waals surface area contributed by atoms with Crippen molar-refractivity contribution in [1.29, 1.82) is 0 Å². The predicted molar refractivity (Wildman–Crippen MR) is 101 cm³/mol. The van der Waals surface area contributed by atoms with Crippen molar-refractivity contribution in [2.24, 2.45) is 0 Å². The summed E-state index contributed by atoms with van der Waals surface area (Å²) in [4.78, 5) is 14.1. The van der Waals surface area contributed by atoms with E-state index >= 15 is 0 Å². The SMILES string of the molecule is COc1ccc(CNC(=O)CN(C)Cc2ccc(OC)cc2OC)cc1. The Kier molecular flexibility index (Phi) is 7.29. The summed E-state index contributed by atoms with van der Waals surface area (Å²) in [5.74, 6) is 2.25. The van der Waals surface area contributed by atoms with E-state index in [0.29, 0.717) is 19.6 Å². The fraction of sp³-hybridized carbons (Fsp3) is 0.350. The number of benzene rings is 2. The highest BCUT2D eigenvalue weighted by atomic mass is 16.5. The van der Waals surface area contributed by atoms with Crippen LogP contribution in [0, 0.1) is 0 Å². The van der Waals surface area contributed by atoms with Gasteiger partial charge in [0.1, 0.15) is 17.2 Å². The zero-order valence-electron chi connectivity index (χ0n) is 15.7. The zero-order chi connectivity index (χ0) is 18.9. The van der Waals surface area contributed by atoms with Crippen molar-refractivity contribution in [3.8, 4) is 17.2 Å². The average molecular weight is 358 g/mol. The Morgan fingerprint density at radius 1 is 0.962 bits per heavy atom. The first-order chi connectivity index (χ1) is 12.5. The number of amides is 1. The highest BCUT2D eigenvalue weighted by Crippen LogP contribution is 2.25. The maximum absolute atomic E-state index is 12.2. The van der Waals surface area contributed by atoms with Crippen LogP contribution >= 0.6 is 0 Å². The third-order valence-corrected chi connectivity index (χ3v) is 4.00. The smallest absolute Gasteiger partial charge is 0.234 e. The Morgan fingerprint density at radius 2 is 1.62 bits per heavy atom. The summed E-state index contributed by atoms with van der Waals surface area (Å²) in [6.45, 7) is 1.39. The number of methoxy groups -OCH3 is 3.